The summed E-state index contributed by atoms with van der Waals surface area (Å²) in [6, 6.07) is 37.4. The summed E-state index contributed by atoms with van der Waals surface area (Å²) >= 11 is 2.27. The summed E-state index contributed by atoms with van der Waals surface area (Å²) in [5.74, 6) is -13.7. The standard InChI is InChI=1S/C16H9N3O5S.C15H9N3O7.C14H10N4O5.C14H10N4O4.C13H8N4O5.C12H7N3O5S/c17-7-9(16-18-10-3-1-2-4-13(10)25-16)14(21)8-5-11(19(23)24)15(22)12(20)6-8;16-5-9(7-1-2-10(15(22)23)17-6-7)13(20)8-3-11(18(24)25)14(21)12(19)4-8;1-23-12-5-8(4-11(14(12)20)18(21)22)13(19)9(6-15)10-7-16-2-3-17-10;15-7-9(10-3-1-2-4-17-10)13(16)8-5-11(18(21)22)14(20)12(19)6-8;14-5-8(9-1-2-15-6-16-9)12(19)7-3-10(17(21)22)13(20)11(18)4-7;13-5-7(12-14-1-2-21-12)10(17)6-3-8(15(19)20)11(18)9(16)4-6/h1-6,20-22H;1-4,6,19-21H,(H,22,23);2-5,7,19-20H,1H3;1-6,19-20H,16H2;1-4,6,18-20H;1-4,16-18H/b14-9-;3*13-9-;12-8-;10-7-. The number of phenols is 11. The van der Waals surface area contributed by atoms with Crippen molar-refractivity contribution in [2.24, 2.45) is 5.73 Å². The molecule has 19 N–H and O–H groups in total. The molecule has 0 spiro atoms. The van der Waals surface area contributed by atoms with Crippen molar-refractivity contribution in [1.82, 2.24) is 39.9 Å². The monoisotopic (exact) mass is 1920 g/mol. The van der Waals surface area contributed by atoms with Crippen LogP contribution in [0.15, 0.2) is 189 Å². The lowest BCUT2D eigenvalue weighted by Gasteiger charge is -2.08. The van der Waals surface area contributed by atoms with Gasteiger partial charge in [-0.3, -0.25) is 75.6 Å². The van der Waals surface area contributed by atoms with Crippen molar-refractivity contribution in [3.63, 3.8) is 0 Å². The molecule has 0 radical (unpaired) electrons. The summed E-state index contributed by atoms with van der Waals surface area (Å²) in [5.41, 5.74) is -0.0650. The number of ether oxygens (including phenoxy) is 1. The topological polar surface area (TPSA) is 901 Å². The second kappa shape index (κ2) is 45.2. The van der Waals surface area contributed by atoms with Gasteiger partial charge in [0.2, 0.25) is 34.5 Å². The molecule has 13 rings (SSSR count). The number of thiazole rings is 2. The molecule has 0 saturated heterocycles. The van der Waals surface area contributed by atoms with Crippen molar-refractivity contribution in [3.8, 4) is 105 Å². The fraction of sp³-hybridized carbons (Fsp3) is 0.0119. The summed E-state index contributed by atoms with van der Waals surface area (Å²) in [6.45, 7) is 0. The first-order valence-corrected chi connectivity index (χ1v) is 38.3. The van der Waals surface area contributed by atoms with Crippen LogP contribution >= 0.6 is 22.7 Å². The highest BCUT2D eigenvalue weighted by atomic mass is 32.1. The van der Waals surface area contributed by atoms with Crippen molar-refractivity contribution < 1.29 is 126 Å². The first-order chi connectivity index (χ1) is 65.5. The number of carbonyl (C=O) groups is 1. The highest BCUT2D eigenvalue weighted by molar-refractivity contribution is 7.19. The van der Waals surface area contributed by atoms with Crippen LogP contribution < -0.4 is 10.5 Å². The van der Waals surface area contributed by atoms with E-state index in [0.717, 1.165) is 101 Å². The van der Waals surface area contributed by atoms with Gasteiger partial charge in [0.25, 0.3) is 0 Å². The average Bonchev–Trinajstić information content (AvgIpc) is 1.58. The SMILES string of the molecule is COc1cc(/C(O)=C(\C#N)c2cnccn2)cc([N+](=O)[O-])c1O.N#C/C(=C(/N)c1cc(O)c(O)c([N+](=O)[O-])c1)c1ccccn1.N#C/C(=C(/O)c1cc(O)c(O)c([N+](=O)[O-])c1)c1ccc(C(=O)O)nc1.N#C/C(=C(/O)c1cc(O)c(O)c([N+](=O)[O-])c1)c1ccncn1.N#C/C(=C(/O)c1cc(O)c(O)c([N+](=O)[O-])c1)c1nc2ccccc2s1.N#C/C(=C(/O)c1cc(O)c(O)c([N+](=O)[O-])c1)c1nccs1. The zero-order valence-electron chi connectivity index (χ0n) is 68.6. The second-order valence-electron chi connectivity index (χ2n) is 25.9. The number of aliphatic hydroxyl groups excluding tert-OH is 5. The molecule has 0 atom stereocenters. The van der Waals surface area contributed by atoms with E-state index in [2.05, 4.69) is 39.9 Å². The van der Waals surface area contributed by atoms with E-state index in [0.29, 0.717) is 5.52 Å². The normalized spacial score (nSPS) is 11.5. The third kappa shape index (κ3) is 23.7. The molecule has 6 heterocycles. The smallest absolute Gasteiger partial charge is 0.354 e. The molecule has 0 aliphatic carbocycles. The van der Waals surface area contributed by atoms with E-state index < -0.39 is 162 Å². The van der Waals surface area contributed by atoms with Crippen LogP contribution in [-0.2, 0) is 0 Å². The Labute approximate surface area is 773 Å². The fourth-order valence-corrected chi connectivity index (χ4v) is 12.7. The van der Waals surface area contributed by atoms with Crippen molar-refractivity contribution >= 4 is 141 Å². The van der Waals surface area contributed by atoms with Gasteiger partial charge in [-0.2, -0.15) is 31.6 Å². The van der Waals surface area contributed by atoms with Gasteiger partial charge in [0.1, 0.15) is 126 Å². The number of para-hydroxylation sites is 1. The number of hydrogen-bond acceptors (Lipinski definition) is 47. The number of nitro groups is 6. The molecule has 7 aromatic carbocycles. The molecule has 0 fully saturated rings. The number of rotatable bonds is 20. The fourth-order valence-electron chi connectivity index (χ4n) is 11.1. The van der Waals surface area contributed by atoms with Gasteiger partial charge in [0.05, 0.1) is 70.1 Å². The maximum Gasteiger partial charge on any atom is 0.354 e. The Morgan fingerprint density at radius 2 is 0.754 bits per heavy atom. The van der Waals surface area contributed by atoms with E-state index in [9.17, 15) is 168 Å². The number of carboxylic acids is 1. The van der Waals surface area contributed by atoms with E-state index in [4.69, 9.17) is 26.1 Å². The van der Waals surface area contributed by atoms with Gasteiger partial charge < -0.3 is 97.3 Å². The number of aromatic carboxylic acids is 1. The van der Waals surface area contributed by atoms with Gasteiger partial charge in [-0.1, -0.05) is 18.2 Å². The summed E-state index contributed by atoms with van der Waals surface area (Å²) < 4.78 is 5.65. The Hall–Kier alpha value is -21.8. The van der Waals surface area contributed by atoms with Crippen LogP contribution in [0, 0.1) is 129 Å². The van der Waals surface area contributed by atoms with Crippen LogP contribution in [0.5, 0.6) is 69.0 Å². The molecular weight excluding hydrogens is 1860 g/mol. The molecule has 692 valence electrons. The number of fused-ring (bicyclic) bond motifs is 1. The van der Waals surface area contributed by atoms with Crippen LogP contribution in [0.3, 0.4) is 0 Å². The maximum absolute atomic E-state index is 11.0. The van der Waals surface area contributed by atoms with Gasteiger partial charge in [-0.05, 0) is 78.9 Å². The number of carboxylic acid groups (broad SMARTS) is 1. The zero-order valence-corrected chi connectivity index (χ0v) is 70.2. The zero-order chi connectivity index (χ0) is 102. The first-order valence-electron chi connectivity index (χ1n) is 36.6. The number of aromatic hydroxyl groups is 11. The second-order valence-corrected chi connectivity index (χ2v) is 27.9. The Balaban J connectivity index is 0.000000203. The number of aliphatic hydroxyl groups is 5. The molecule has 0 bridgehead atoms. The number of aromatic nitrogens is 8. The summed E-state index contributed by atoms with van der Waals surface area (Å²) in [7, 11) is 1.21. The highest BCUT2D eigenvalue weighted by Gasteiger charge is 2.30. The summed E-state index contributed by atoms with van der Waals surface area (Å²) in [4.78, 5) is 101. The Bertz CT molecular complexity index is 7360. The summed E-state index contributed by atoms with van der Waals surface area (Å²) in [5, 5.41) is 287. The van der Waals surface area contributed by atoms with E-state index in [1.165, 1.54) is 73.8 Å². The lowest BCUT2D eigenvalue weighted by atomic mass is 10.0. The van der Waals surface area contributed by atoms with Crippen LogP contribution in [0.1, 0.15) is 76.5 Å². The van der Waals surface area contributed by atoms with Gasteiger partial charge in [-0.25, -0.2) is 29.7 Å². The number of nitro benzene ring substituents is 6. The predicted octanol–water partition coefficient (Wildman–Crippen LogP) is 13.6. The minimum Gasteiger partial charge on any atom is -0.506 e. The number of hydrogen-bond donors (Lipinski definition) is 18. The number of nitrogens with two attached hydrogens (primary N) is 1. The molecule has 6 aromatic heterocycles. The molecule has 13 aromatic rings. The van der Waals surface area contributed by atoms with Crippen LogP contribution in [0.4, 0.5) is 34.1 Å². The number of nitriles is 6. The van der Waals surface area contributed by atoms with Crippen molar-refractivity contribution in [3.05, 3.63) is 321 Å². The van der Waals surface area contributed by atoms with Gasteiger partial charge in [-0.15, -0.1) is 22.7 Å². The van der Waals surface area contributed by atoms with Crippen molar-refractivity contribution in [2.75, 3.05) is 7.11 Å². The third-order valence-electron chi connectivity index (χ3n) is 17.6. The molecule has 0 aliphatic rings. The molecule has 138 heavy (non-hydrogen) atoms. The van der Waals surface area contributed by atoms with Crippen molar-refractivity contribution in [2.45, 2.75) is 0 Å². The molecule has 0 saturated carbocycles. The first kappa shape index (κ1) is 102. The Morgan fingerprint density at radius 3 is 1.12 bits per heavy atom. The Kier molecular flexibility index (Phi) is 33.3. The predicted molar refractivity (Wildman–Crippen MR) is 477 cm³/mol. The van der Waals surface area contributed by atoms with Crippen LogP contribution in [0.2, 0.25) is 0 Å². The number of benzene rings is 7. The van der Waals surface area contributed by atoms with Gasteiger partial charge in [0.15, 0.2) is 34.5 Å². The minimum absolute atomic E-state index is 0.0000113. The van der Waals surface area contributed by atoms with Gasteiger partial charge >= 0.3 is 40.1 Å². The number of methoxy groups -OCH3 is 1. The van der Waals surface area contributed by atoms with E-state index in [-0.39, 0.29) is 117 Å². The average molecular weight is 1920 g/mol. The molecular formula is C84H53N21O31S2. The Morgan fingerprint density at radius 1 is 0.362 bits per heavy atom. The van der Waals surface area contributed by atoms with E-state index in [1.54, 1.807) is 72.1 Å². The molecule has 54 heteroatoms. The third-order valence-corrected chi connectivity index (χ3v) is 19.5. The van der Waals surface area contributed by atoms with Gasteiger partial charge in [0, 0.05) is 118 Å². The highest BCUT2D eigenvalue weighted by Crippen LogP contribution is 2.46. The lowest BCUT2D eigenvalue weighted by Crippen LogP contribution is -2.03. The lowest BCUT2D eigenvalue weighted by molar-refractivity contribution is -0.386. The van der Waals surface area contributed by atoms with Crippen molar-refractivity contribution in [1.29, 1.82) is 31.6 Å². The molecule has 52 nitrogen and oxygen atoms in total. The largest absolute Gasteiger partial charge is 0.506 e. The molecule has 0 aliphatic heterocycles. The number of pyridine rings is 2. The van der Waals surface area contributed by atoms with Crippen LogP contribution in [-0.4, -0.2) is 169 Å². The van der Waals surface area contributed by atoms with Crippen LogP contribution in [0.25, 0.3) is 78.1 Å². The van der Waals surface area contributed by atoms with E-state index >= 15 is 0 Å². The quantitative estimate of drug-likeness (QED) is 0.0111. The number of allylic oxidation sites excluding steroid dienone is 6. The molecule has 0 unspecified atom stereocenters. The number of phenolic OH excluding ortho intramolecular Hbond substituents is 11. The maximum atomic E-state index is 11.0. The summed E-state index contributed by atoms with van der Waals surface area (Å²) in [6.07, 6.45) is 10.4. The number of nitrogens with zero attached hydrogens (tertiary/aromatic N) is 20. The van der Waals surface area contributed by atoms with E-state index in [1.807, 2.05) is 12.1 Å². The molecule has 0 amide bonds. The minimum atomic E-state index is -1.28.